The van der Waals surface area contributed by atoms with E-state index in [0.29, 0.717) is 32.5 Å². The predicted molar refractivity (Wildman–Crippen MR) is 132 cm³/mol. The van der Waals surface area contributed by atoms with E-state index in [-0.39, 0.29) is 11.2 Å². The lowest BCUT2D eigenvalue weighted by atomic mass is 10.2. The van der Waals surface area contributed by atoms with Gasteiger partial charge in [0.05, 0.1) is 26.5 Å². The van der Waals surface area contributed by atoms with Gasteiger partial charge in [0.1, 0.15) is 5.82 Å². The molecule has 0 fully saturated rings. The average Bonchev–Trinajstić information content (AvgIpc) is 2.74. The molecule has 0 saturated carbocycles. The number of hydrogen-bond donors (Lipinski definition) is 0. The van der Waals surface area contributed by atoms with E-state index in [0.717, 1.165) is 9.13 Å². The minimum atomic E-state index is -0.458. The summed E-state index contributed by atoms with van der Waals surface area (Å²) in [5.41, 5.74) is 1.45. The molecule has 6 nitrogen and oxygen atoms in total. The smallest absolute Gasteiger partial charge is 0.268 e. The third kappa shape index (κ3) is 4.48. The van der Waals surface area contributed by atoms with Gasteiger partial charge in [-0.3, -0.25) is 19.5 Å². The summed E-state index contributed by atoms with van der Waals surface area (Å²) in [6.07, 6.45) is 3.40. The molecule has 0 aliphatic rings. The Hall–Kier alpha value is -2.75. The molecule has 9 heteroatoms. The first-order chi connectivity index (χ1) is 14.8. The van der Waals surface area contributed by atoms with Crippen molar-refractivity contribution in [1.82, 2.24) is 9.55 Å². The molecule has 31 heavy (non-hydrogen) atoms. The van der Waals surface area contributed by atoms with Crippen molar-refractivity contribution in [3.63, 3.8) is 0 Å². The van der Waals surface area contributed by atoms with Crippen molar-refractivity contribution in [1.29, 1.82) is 0 Å². The number of halogens is 3. The molecule has 4 rings (SSSR count). The number of nitro benzene ring substituents is 1. The number of aromatic nitrogens is 2. The van der Waals surface area contributed by atoms with Gasteiger partial charge < -0.3 is 0 Å². The lowest BCUT2D eigenvalue weighted by Gasteiger charge is -2.13. The van der Waals surface area contributed by atoms with Gasteiger partial charge in [0, 0.05) is 20.7 Å². The molecule has 0 bridgehead atoms. The van der Waals surface area contributed by atoms with Gasteiger partial charge in [-0.25, -0.2) is 4.98 Å². The molecule has 0 saturated heterocycles. The van der Waals surface area contributed by atoms with Crippen molar-refractivity contribution in [3.05, 3.63) is 106 Å². The molecule has 1 aromatic heterocycles. The summed E-state index contributed by atoms with van der Waals surface area (Å²) in [4.78, 5) is 28.4. The quantitative estimate of drug-likeness (QED) is 0.164. The second-order valence-electron chi connectivity index (χ2n) is 6.55. The van der Waals surface area contributed by atoms with Crippen LogP contribution in [-0.4, -0.2) is 14.5 Å². The summed E-state index contributed by atoms with van der Waals surface area (Å²) < 4.78 is 2.34. The van der Waals surface area contributed by atoms with Gasteiger partial charge in [0.25, 0.3) is 11.2 Å². The number of fused-ring (bicyclic) bond motifs is 1. The molecule has 154 valence electrons. The second-order valence-corrected chi connectivity index (χ2v) is 8.64. The van der Waals surface area contributed by atoms with E-state index in [4.69, 9.17) is 23.2 Å². The van der Waals surface area contributed by atoms with Gasteiger partial charge in [-0.15, -0.1) is 0 Å². The summed E-state index contributed by atoms with van der Waals surface area (Å²) in [5, 5.41) is 12.1. The zero-order chi connectivity index (χ0) is 22.1. The van der Waals surface area contributed by atoms with Gasteiger partial charge in [0.15, 0.2) is 0 Å². The van der Waals surface area contributed by atoms with Crippen molar-refractivity contribution in [2.75, 3.05) is 0 Å². The topological polar surface area (TPSA) is 78.0 Å². The molecule has 0 aliphatic carbocycles. The zero-order valence-corrected chi connectivity index (χ0v) is 19.3. The molecular formula is C22H12Cl2IN3O3. The van der Waals surface area contributed by atoms with Gasteiger partial charge >= 0.3 is 0 Å². The van der Waals surface area contributed by atoms with E-state index in [1.807, 2.05) is 6.07 Å². The van der Waals surface area contributed by atoms with Crippen LogP contribution in [0.25, 0.3) is 28.7 Å². The molecule has 4 aromatic rings. The zero-order valence-electron chi connectivity index (χ0n) is 15.6. The maximum atomic E-state index is 13.4. The van der Waals surface area contributed by atoms with Crippen LogP contribution in [0.4, 0.5) is 5.69 Å². The van der Waals surface area contributed by atoms with Crippen LogP contribution in [0.5, 0.6) is 0 Å². The van der Waals surface area contributed by atoms with Crippen molar-refractivity contribution in [2.45, 2.75) is 0 Å². The summed E-state index contributed by atoms with van der Waals surface area (Å²) in [6, 6.07) is 16.4. The first-order valence-electron chi connectivity index (χ1n) is 8.94. The fourth-order valence-corrected chi connectivity index (χ4v) is 4.04. The van der Waals surface area contributed by atoms with Crippen LogP contribution in [0.15, 0.2) is 65.5 Å². The highest BCUT2D eigenvalue weighted by Crippen LogP contribution is 2.26. The number of non-ortho nitro benzene ring substituents is 1. The Balaban J connectivity index is 1.91. The SMILES string of the molecule is O=c1c2cc(I)ccc2nc(/C=C/c2ccc([N+](=O)[O-])cc2)n1-c1ccc(Cl)cc1Cl. The summed E-state index contributed by atoms with van der Waals surface area (Å²) in [7, 11) is 0. The van der Waals surface area contributed by atoms with Crippen molar-refractivity contribution < 1.29 is 4.92 Å². The lowest BCUT2D eigenvalue weighted by molar-refractivity contribution is -0.384. The average molecular weight is 564 g/mol. The van der Waals surface area contributed by atoms with Crippen LogP contribution in [0, 0.1) is 13.7 Å². The van der Waals surface area contributed by atoms with E-state index < -0.39 is 4.92 Å². The number of benzene rings is 3. The standard InChI is InChI=1S/C22H12Cl2IN3O3/c23-14-4-9-20(18(24)11-14)27-21(10-3-13-1-6-16(7-2-13)28(30)31)26-19-8-5-15(25)12-17(19)22(27)29/h1-12H/b10-3+. The predicted octanol–water partition coefficient (Wildman–Crippen LogP) is 6.38. The number of nitro groups is 1. The van der Waals surface area contributed by atoms with Gasteiger partial charge in [-0.2, -0.15) is 0 Å². The van der Waals surface area contributed by atoms with Crippen molar-refractivity contribution in [2.24, 2.45) is 0 Å². The normalized spacial score (nSPS) is 11.3. The van der Waals surface area contributed by atoms with Crippen LogP contribution in [0.3, 0.4) is 0 Å². The Labute approximate surface area is 200 Å². The summed E-state index contributed by atoms with van der Waals surface area (Å²) in [6.45, 7) is 0. The maximum Gasteiger partial charge on any atom is 0.269 e. The van der Waals surface area contributed by atoms with Crippen LogP contribution >= 0.6 is 45.8 Å². The second kappa shape index (κ2) is 8.78. The Morgan fingerprint density at radius 3 is 2.42 bits per heavy atom. The minimum absolute atomic E-state index is 0.000405. The summed E-state index contributed by atoms with van der Waals surface area (Å²) in [5.74, 6) is 0.362. The van der Waals surface area contributed by atoms with E-state index in [2.05, 4.69) is 27.6 Å². The Kier molecular flexibility index (Phi) is 6.08. The molecule has 0 unspecified atom stereocenters. The van der Waals surface area contributed by atoms with Crippen LogP contribution < -0.4 is 5.56 Å². The van der Waals surface area contributed by atoms with Crippen LogP contribution in [0.2, 0.25) is 10.0 Å². The van der Waals surface area contributed by atoms with Gasteiger partial charge in [-0.1, -0.05) is 29.3 Å². The first-order valence-corrected chi connectivity index (χ1v) is 10.8. The molecule has 0 N–H and O–H groups in total. The van der Waals surface area contributed by atoms with Crippen molar-refractivity contribution >= 4 is 74.5 Å². The third-order valence-corrected chi connectivity index (χ3v) is 5.74. The summed E-state index contributed by atoms with van der Waals surface area (Å²) >= 11 is 14.6. The Morgan fingerprint density at radius 2 is 1.74 bits per heavy atom. The van der Waals surface area contributed by atoms with Crippen molar-refractivity contribution in [3.8, 4) is 5.69 Å². The van der Waals surface area contributed by atoms with Crippen LogP contribution in [-0.2, 0) is 0 Å². The lowest BCUT2D eigenvalue weighted by Crippen LogP contribution is -2.22. The van der Waals surface area contributed by atoms with E-state index in [1.165, 1.54) is 16.7 Å². The minimum Gasteiger partial charge on any atom is -0.268 e. The maximum absolute atomic E-state index is 13.4. The molecular weight excluding hydrogens is 552 g/mol. The van der Waals surface area contributed by atoms with E-state index in [9.17, 15) is 14.9 Å². The van der Waals surface area contributed by atoms with Crippen LogP contribution in [0.1, 0.15) is 11.4 Å². The first kappa shape index (κ1) is 21.5. The highest BCUT2D eigenvalue weighted by atomic mass is 127. The number of hydrogen-bond acceptors (Lipinski definition) is 4. The molecule has 0 radical (unpaired) electrons. The molecule has 0 amide bonds. The molecule has 1 heterocycles. The Bertz CT molecular complexity index is 1420. The fourth-order valence-electron chi connectivity index (χ4n) is 3.06. The molecule has 0 spiro atoms. The largest absolute Gasteiger partial charge is 0.269 e. The monoisotopic (exact) mass is 563 g/mol. The van der Waals surface area contributed by atoms with Gasteiger partial charge in [0.2, 0.25) is 0 Å². The highest BCUT2D eigenvalue weighted by molar-refractivity contribution is 14.1. The van der Waals surface area contributed by atoms with Gasteiger partial charge in [-0.05, 0) is 82.8 Å². The number of nitrogens with zero attached hydrogens (tertiary/aromatic N) is 3. The van der Waals surface area contributed by atoms with E-state index >= 15 is 0 Å². The Morgan fingerprint density at radius 1 is 1.00 bits per heavy atom. The third-order valence-electron chi connectivity index (χ3n) is 4.54. The van der Waals surface area contributed by atoms with E-state index in [1.54, 1.807) is 54.6 Å². The molecule has 0 aliphatic heterocycles. The molecule has 3 aromatic carbocycles. The fraction of sp³-hybridized carbons (Fsp3) is 0. The molecule has 0 atom stereocenters. The highest BCUT2D eigenvalue weighted by Gasteiger charge is 2.14. The number of rotatable bonds is 4.